The van der Waals surface area contributed by atoms with E-state index in [0.717, 1.165) is 10.6 Å². The van der Waals surface area contributed by atoms with Gasteiger partial charge in [0.25, 0.3) is 0 Å². The van der Waals surface area contributed by atoms with Gasteiger partial charge in [-0.1, -0.05) is 12.1 Å². The number of thioether (sulfide) groups is 1. The van der Waals surface area contributed by atoms with Gasteiger partial charge in [-0.05, 0) is 18.4 Å². The third-order valence-corrected chi connectivity index (χ3v) is 3.46. The quantitative estimate of drug-likeness (QED) is 0.384. The van der Waals surface area contributed by atoms with Crippen LogP contribution in [0.2, 0.25) is 0 Å². The van der Waals surface area contributed by atoms with Crippen LogP contribution in [0.5, 0.6) is 11.6 Å². The monoisotopic (exact) mass is 288 g/mol. The van der Waals surface area contributed by atoms with Crippen molar-refractivity contribution < 1.29 is 4.74 Å². The van der Waals surface area contributed by atoms with Crippen LogP contribution in [-0.2, 0) is 0 Å². The Kier molecular flexibility index (Phi) is 3.40. The lowest BCUT2D eigenvalue weighted by Gasteiger charge is -2.09. The molecule has 0 aliphatic carbocycles. The van der Waals surface area contributed by atoms with E-state index in [2.05, 4.69) is 25.6 Å². The second kappa shape index (κ2) is 5.35. The van der Waals surface area contributed by atoms with Gasteiger partial charge < -0.3 is 4.74 Å². The van der Waals surface area contributed by atoms with Gasteiger partial charge in [0.1, 0.15) is 11.1 Å². The average molecular weight is 288 g/mol. The molecular formula is C12H12N6OS. The number of fused-ring (bicyclic) bond motifs is 1. The minimum absolute atomic E-state index is 0.262. The molecule has 3 rings (SSSR count). The van der Waals surface area contributed by atoms with Crippen molar-refractivity contribution in [3.05, 3.63) is 30.5 Å². The smallest absolute Gasteiger partial charge is 0.242 e. The Bertz CT molecular complexity index is 744. The number of nitrogens with two attached hydrogens (primary N) is 1. The highest BCUT2D eigenvalue weighted by molar-refractivity contribution is 7.98. The fourth-order valence-electron chi connectivity index (χ4n) is 1.76. The molecule has 0 fully saturated rings. The summed E-state index contributed by atoms with van der Waals surface area (Å²) in [5.41, 5.74) is 2.97. The number of anilines is 1. The van der Waals surface area contributed by atoms with Crippen molar-refractivity contribution in [1.82, 2.24) is 20.2 Å². The Balaban J connectivity index is 2.07. The lowest BCUT2D eigenvalue weighted by Crippen LogP contribution is -2.10. The van der Waals surface area contributed by atoms with Gasteiger partial charge >= 0.3 is 0 Å². The first-order valence-corrected chi connectivity index (χ1v) is 7.03. The maximum absolute atomic E-state index is 5.89. The van der Waals surface area contributed by atoms with Crippen LogP contribution in [0.25, 0.3) is 11.0 Å². The third kappa shape index (κ3) is 2.26. The molecule has 0 radical (unpaired) electrons. The first-order chi connectivity index (χ1) is 9.81. The molecule has 0 aliphatic heterocycles. The summed E-state index contributed by atoms with van der Waals surface area (Å²) < 4.78 is 5.89. The van der Waals surface area contributed by atoms with Crippen LogP contribution in [-0.4, -0.2) is 26.4 Å². The lowest BCUT2D eigenvalue weighted by molar-refractivity contribution is 0.458. The third-order valence-electron chi connectivity index (χ3n) is 2.68. The van der Waals surface area contributed by atoms with Crippen LogP contribution >= 0.6 is 11.8 Å². The number of H-pyrrole nitrogens is 1. The average Bonchev–Trinajstić information content (AvgIpc) is 2.96. The second-order valence-corrected chi connectivity index (χ2v) is 4.73. The van der Waals surface area contributed by atoms with Crippen LogP contribution in [0.3, 0.4) is 0 Å². The SMILES string of the molecule is CSc1ccccc1Oc1nc(NN)nc2[nH]ncc12. The fraction of sp³-hybridized carbons (Fsp3) is 0.0833. The molecule has 0 spiro atoms. The Morgan fingerprint density at radius 1 is 1.30 bits per heavy atom. The predicted octanol–water partition coefficient (Wildman–Crippen LogP) is 2.15. The highest BCUT2D eigenvalue weighted by atomic mass is 32.2. The standard InChI is InChI=1S/C12H12N6OS/c1-20-9-5-3-2-4-8(9)19-11-7-6-14-18-10(7)15-12(16-11)17-13/h2-6H,13H2,1H3,(H2,14,15,16,17,18). The highest BCUT2D eigenvalue weighted by Gasteiger charge is 2.12. The molecule has 3 aromatic rings. The summed E-state index contributed by atoms with van der Waals surface area (Å²) in [6.07, 6.45) is 3.61. The summed E-state index contributed by atoms with van der Waals surface area (Å²) >= 11 is 1.60. The summed E-state index contributed by atoms with van der Waals surface area (Å²) in [5, 5.41) is 7.40. The minimum atomic E-state index is 0.262. The maximum Gasteiger partial charge on any atom is 0.242 e. The number of benzene rings is 1. The number of nitrogens with zero attached hydrogens (tertiary/aromatic N) is 3. The number of hydrogen-bond acceptors (Lipinski definition) is 7. The Hall–Kier alpha value is -2.32. The molecule has 2 heterocycles. The molecule has 4 N–H and O–H groups in total. The first-order valence-electron chi connectivity index (χ1n) is 5.80. The van der Waals surface area contributed by atoms with Gasteiger partial charge in [0.2, 0.25) is 11.8 Å². The molecule has 1 aromatic carbocycles. The van der Waals surface area contributed by atoms with Crippen LogP contribution in [0.1, 0.15) is 0 Å². The summed E-state index contributed by atoms with van der Waals surface area (Å²) in [4.78, 5) is 9.39. The van der Waals surface area contributed by atoms with Crippen molar-refractivity contribution >= 4 is 28.7 Å². The van der Waals surface area contributed by atoms with Gasteiger partial charge in [-0.25, -0.2) is 5.84 Å². The molecule has 7 nitrogen and oxygen atoms in total. The van der Waals surface area contributed by atoms with Crippen LogP contribution < -0.4 is 16.0 Å². The molecule has 0 unspecified atom stereocenters. The van der Waals surface area contributed by atoms with Crippen molar-refractivity contribution in [3.63, 3.8) is 0 Å². The van der Waals surface area contributed by atoms with E-state index in [4.69, 9.17) is 10.6 Å². The molecule has 0 bridgehead atoms. The second-order valence-electron chi connectivity index (χ2n) is 3.88. The largest absolute Gasteiger partial charge is 0.437 e. The number of nitrogen functional groups attached to an aromatic ring is 1. The van der Waals surface area contributed by atoms with E-state index < -0.39 is 0 Å². The molecule has 0 amide bonds. The van der Waals surface area contributed by atoms with Gasteiger partial charge in [0, 0.05) is 4.90 Å². The molecule has 2 aromatic heterocycles. The predicted molar refractivity (Wildman–Crippen MR) is 77.8 cm³/mol. The zero-order valence-electron chi connectivity index (χ0n) is 10.6. The number of aromatic nitrogens is 4. The van der Waals surface area contributed by atoms with Gasteiger partial charge in [0.15, 0.2) is 5.65 Å². The molecule has 0 saturated heterocycles. The molecule has 102 valence electrons. The first kappa shape index (κ1) is 12.7. The summed E-state index contributed by atoms with van der Waals surface area (Å²) in [7, 11) is 0. The Morgan fingerprint density at radius 2 is 2.15 bits per heavy atom. The number of para-hydroxylation sites is 1. The number of ether oxygens (including phenoxy) is 1. The molecule has 0 aliphatic rings. The Labute approximate surface area is 118 Å². The number of rotatable bonds is 4. The highest BCUT2D eigenvalue weighted by Crippen LogP contribution is 2.33. The number of nitrogens with one attached hydrogen (secondary N) is 2. The van der Waals surface area contributed by atoms with Crippen molar-refractivity contribution in [1.29, 1.82) is 0 Å². The number of aromatic amines is 1. The maximum atomic E-state index is 5.89. The van der Waals surface area contributed by atoms with Crippen molar-refractivity contribution in [2.45, 2.75) is 4.90 Å². The summed E-state index contributed by atoms with van der Waals surface area (Å²) in [6.45, 7) is 0. The van der Waals surface area contributed by atoms with Crippen molar-refractivity contribution in [2.24, 2.45) is 5.84 Å². The lowest BCUT2D eigenvalue weighted by atomic mass is 10.3. The Morgan fingerprint density at radius 3 is 2.95 bits per heavy atom. The molecular weight excluding hydrogens is 276 g/mol. The van der Waals surface area contributed by atoms with Crippen molar-refractivity contribution in [2.75, 3.05) is 11.7 Å². The van der Waals surface area contributed by atoms with E-state index in [0.29, 0.717) is 16.9 Å². The van der Waals surface area contributed by atoms with E-state index in [1.54, 1.807) is 18.0 Å². The van der Waals surface area contributed by atoms with Crippen LogP contribution in [0, 0.1) is 0 Å². The zero-order chi connectivity index (χ0) is 13.9. The topological polar surface area (TPSA) is 102 Å². The van der Waals surface area contributed by atoms with Crippen LogP contribution in [0.15, 0.2) is 35.4 Å². The van der Waals surface area contributed by atoms with Gasteiger partial charge in [0.05, 0.1) is 6.20 Å². The van der Waals surface area contributed by atoms with E-state index in [9.17, 15) is 0 Å². The van der Waals surface area contributed by atoms with Gasteiger partial charge in [-0.2, -0.15) is 15.1 Å². The minimum Gasteiger partial charge on any atom is -0.437 e. The van der Waals surface area contributed by atoms with E-state index >= 15 is 0 Å². The molecule has 0 saturated carbocycles. The number of hydrazine groups is 1. The summed E-state index contributed by atoms with van der Waals surface area (Å²) in [6, 6.07) is 7.73. The molecule has 8 heteroatoms. The van der Waals surface area contributed by atoms with Gasteiger partial charge in [-0.15, -0.1) is 11.8 Å². The van der Waals surface area contributed by atoms with E-state index in [1.807, 2.05) is 30.5 Å². The molecule has 0 atom stereocenters. The van der Waals surface area contributed by atoms with E-state index in [1.165, 1.54) is 0 Å². The van der Waals surface area contributed by atoms with Gasteiger partial charge in [-0.3, -0.25) is 10.5 Å². The van der Waals surface area contributed by atoms with Crippen LogP contribution in [0.4, 0.5) is 5.95 Å². The molecule has 20 heavy (non-hydrogen) atoms. The summed E-state index contributed by atoms with van der Waals surface area (Å²) in [5.74, 6) is 6.75. The zero-order valence-corrected chi connectivity index (χ0v) is 11.4. The fourth-order valence-corrected chi connectivity index (χ4v) is 2.28. The normalized spacial score (nSPS) is 10.7. The van der Waals surface area contributed by atoms with E-state index in [-0.39, 0.29) is 5.95 Å². The van der Waals surface area contributed by atoms with Crippen molar-refractivity contribution in [3.8, 4) is 11.6 Å². The number of hydrogen-bond donors (Lipinski definition) is 3.